The normalized spacial score (nSPS) is 10.2. The van der Waals surface area contributed by atoms with Crippen molar-refractivity contribution in [2.75, 3.05) is 18.1 Å². The van der Waals surface area contributed by atoms with E-state index >= 15 is 0 Å². The van der Waals surface area contributed by atoms with Gasteiger partial charge in [-0.25, -0.2) is 0 Å². The number of anilines is 2. The highest BCUT2D eigenvalue weighted by Gasteiger charge is 2.04. The Hall–Kier alpha value is -2.16. The van der Waals surface area contributed by atoms with Crippen molar-refractivity contribution in [3.63, 3.8) is 0 Å². The van der Waals surface area contributed by atoms with Crippen molar-refractivity contribution in [3.05, 3.63) is 42.5 Å². The number of hydrogen-bond acceptors (Lipinski definition) is 3. The van der Waals surface area contributed by atoms with Crippen LogP contribution in [-0.4, -0.2) is 6.61 Å². The Morgan fingerprint density at radius 1 is 1.00 bits per heavy atom. The van der Waals surface area contributed by atoms with Gasteiger partial charge in [-0.15, -0.1) is 0 Å². The van der Waals surface area contributed by atoms with E-state index in [-0.39, 0.29) is 0 Å². The molecule has 0 heterocycles. The molecule has 0 aliphatic heterocycles. The van der Waals surface area contributed by atoms with Gasteiger partial charge in [0.05, 0.1) is 6.61 Å². The molecular formula is C14H16N2O. The van der Waals surface area contributed by atoms with Gasteiger partial charge in [0.1, 0.15) is 5.75 Å². The van der Waals surface area contributed by atoms with Gasteiger partial charge in [0.2, 0.25) is 0 Å². The monoisotopic (exact) mass is 228 g/mol. The van der Waals surface area contributed by atoms with Crippen LogP contribution in [0.3, 0.4) is 0 Å². The average Bonchev–Trinajstić information content (AvgIpc) is 2.33. The van der Waals surface area contributed by atoms with E-state index in [4.69, 9.17) is 16.2 Å². The molecule has 17 heavy (non-hydrogen) atoms. The van der Waals surface area contributed by atoms with Gasteiger partial charge in [0.15, 0.2) is 0 Å². The summed E-state index contributed by atoms with van der Waals surface area (Å²) in [7, 11) is 0. The second-order valence-electron chi connectivity index (χ2n) is 3.80. The van der Waals surface area contributed by atoms with Crippen LogP contribution < -0.4 is 16.2 Å². The molecule has 0 saturated heterocycles. The third kappa shape index (κ3) is 2.50. The molecule has 0 aromatic heterocycles. The van der Waals surface area contributed by atoms with E-state index in [1.54, 1.807) is 0 Å². The minimum absolute atomic E-state index is 0.644. The molecule has 4 N–H and O–H groups in total. The minimum atomic E-state index is 0.644. The first-order chi connectivity index (χ1) is 8.20. The van der Waals surface area contributed by atoms with Crippen molar-refractivity contribution in [1.82, 2.24) is 0 Å². The summed E-state index contributed by atoms with van der Waals surface area (Å²) in [5.41, 5.74) is 15.1. The van der Waals surface area contributed by atoms with Crippen LogP contribution in [0, 0.1) is 0 Å². The van der Waals surface area contributed by atoms with Crippen LogP contribution in [0.25, 0.3) is 11.1 Å². The molecule has 0 atom stereocenters. The lowest BCUT2D eigenvalue weighted by atomic mass is 10.0. The maximum Gasteiger partial charge on any atom is 0.120 e. The SMILES string of the molecule is CCOc1ccc(N)c(-c2ccc(N)cc2)c1. The summed E-state index contributed by atoms with van der Waals surface area (Å²) < 4.78 is 5.47. The van der Waals surface area contributed by atoms with Gasteiger partial charge in [0.25, 0.3) is 0 Å². The van der Waals surface area contributed by atoms with Crippen molar-refractivity contribution >= 4 is 11.4 Å². The van der Waals surface area contributed by atoms with Gasteiger partial charge < -0.3 is 16.2 Å². The fourth-order valence-corrected chi connectivity index (χ4v) is 1.70. The zero-order chi connectivity index (χ0) is 12.3. The molecule has 0 spiro atoms. The second kappa shape index (κ2) is 4.78. The number of hydrogen-bond donors (Lipinski definition) is 2. The zero-order valence-corrected chi connectivity index (χ0v) is 9.81. The van der Waals surface area contributed by atoms with Crippen molar-refractivity contribution in [2.45, 2.75) is 6.92 Å². The Morgan fingerprint density at radius 3 is 2.35 bits per heavy atom. The number of benzene rings is 2. The van der Waals surface area contributed by atoms with E-state index in [0.717, 1.165) is 28.3 Å². The second-order valence-corrected chi connectivity index (χ2v) is 3.80. The molecule has 0 bridgehead atoms. The molecule has 2 rings (SSSR count). The summed E-state index contributed by atoms with van der Waals surface area (Å²) in [6.45, 7) is 2.60. The van der Waals surface area contributed by atoms with Crippen molar-refractivity contribution in [3.8, 4) is 16.9 Å². The molecule has 3 nitrogen and oxygen atoms in total. The number of nitrogen functional groups attached to an aromatic ring is 2. The molecular weight excluding hydrogens is 212 g/mol. The van der Waals surface area contributed by atoms with Crippen LogP contribution in [-0.2, 0) is 0 Å². The van der Waals surface area contributed by atoms with Gasteiger partial charge in [-0.05, 0) is 42.8 Å². The van der Waals surface area contributed by atoms with Gasteiger partial charge in [-0.1, -0.05) is 12.1 Å². The molecule has 0 unspecified atom stereocenters. The van der Waals surface area contributed by atoms with Crippen molar-refractivity contribution < 1.29 is 4.74 Å². The maximum absolute atomic E-state index is 5.97. The molecule has 0 radical (unpaired) electrons. The summed E-state index contributed by atoms with van der Waals surface area (Å²) in [5.74, 6) is 0.827. The molecule has 0 aliphatic carbocycles. The highest BCUT2D eigenvalue weighted by Crippen LogP contribution is 2.30. The third-order valence-electron chi connectivity index (χ3n) is 2.56. The first-order valence-corrected chi connectivity index (χ1v) is 5.59. The highest BCUT2D eigenvalue weighted by atomic mass is 16.5. The largest absolute Gasteiger partial charge is 0.494 e. The smallest absolute Gasteiger partial charge is 0.120 e. The Morgan fingerprint density at radius 2 is 1.71 bits per heavy atom. The van der Waals surface area contributed by atoms with Gasteiger partial charge in [-0.2, -0.15) is 0 Å². The first kappa shape index (κ1) is 11.3. The van der Waals surface area contributed by atoms with Crippen molar-refractivity contribution in [1.29, 1.82) is 0 Å². The van der Waals surface area contributed by atoms with E-state index in [2.05, 4.69) is 0 Å². The molecule has 0 saturated carbocycles. The average molecular weight is 228 g/mol. The summed E-state index contributed by atoms with van der Waals surface area (Å²) in [5, 5.41) is 0. The van der Waals surface area contributed by atoms with Gasteiger partial charge in [0, 0.05) is 16.9 Å². The van der Waals surface area contributed by atoms with Gasteiger partial charge in [-0.3, -0.25) is 0 Å². The summed E-state index contributed by atoms with van der Waals surface area (Å²) in [6, 6.07) is 13.3. The van der Waals surface area contributed by atoms with E-state index in [1.165, 1.54) is 0 Å². The van der Waals surface area contributed by atoms with Crippen LogP contribution in [0.4, 0.5) is 11.4 Å². The van der Waals surface area contributed by atoms with Crippen LogP contribution in [0.1, 0.15) is 6.92 Å². The molecule has 2 aromatic rings. The lowest BCUT2D eigenvalue weighted by Crippen LogP contribution is -1.95. The van der Waals surface area contributed by atoms with Crippen molar-refractivity contribution in [2.24, 2.45) is 0 Å². The topological polar surface area (TPSA) is 61.3 Å². The minimum Gasteiger partial charge on any atom is -0.494 e. The number of nitrogens with two attached hydrogens (primary N) is 2. The molecule has 0 aliphatic rings. The standard InChI is InChI=1S/C14H16N2O/c1-2-17-12-7-8-14(16)13(9-12)10-3-5-11(15)6-4-10/h3-9H,2,15-16H2,1H3. The number of rotatable bonds is 3. The third-order valence-corrected chi connectivity index (χ3v) is 2.56. The summed E-state index contributed by atoms with van der Waals surface area (Å²) in [4.78, 5) is 0. The predicted molar refractivity (Wildman–Crippen MR) is 71.9 cm³/mol. The molecule has 0 amide bonds. The maximum atomic E-state index is 5.97. The molecule has 0 fully saturated rings. The summed E-state index contributed by atoms with van der Waals surface area (Å²) in [6.07, 6.45) is 0. The molecule has 2 aromatic carbocycles. The van der Waals surface area contributed by atoms with E-state index in [0.29, 0.717) is 6.61 Å². The zero-order valence-electron chi connectivity index (χ0n) is 9.81. The molecule has 3 heteroatoms. The van der Waals surface area contributed by atoms with Crippen LogP contribution in [0.15, 0.2) is 42.5 Å². The fourth-order valence-electron chi connectivity index (χ4n) is 1.70. The number of ether oxygens (including phenoxy) is 1. The van der Waals surface area contributed by atoms with Crippen LogP contribution in [0.2, 0.25) is 0 Å². The Kier molecular flexibility index (Phi) is 3.19. The molecule has 88 valence electrons. The van der Waals surface area contributed by atoms with Crippen LogP contribution in [0.5, 0.6) is 5.75 Å². The quantitative estimate of drug-likeness (QED) is 0.794. The highest BCUT2D eigenvalue weighted by molar-refractivity contribution is 5.78. The predicted octanol–water partition coefficient (Wildman–Crippen LogP) is 2.92. The van der Waals surface area contributed by atoms with Gasteiger partial charge >= 0.3 is 0 Å². The summed E-state index contributed by atoms with van der Waals surface area (Å²) >= 11 is 0. The van der Waals surface area contributed by atoms with E-state index < -0.39 is 0 Å². The first-order valence-electron chi connectivity index (χ1n) is 5.59. The lowest BCUT2D eigenvalue weighted by Gasteiger charge is -2.09. The Bertz CT molecular complexity index is 506. The van der Waals surface area contributed by atoms with E-state index in [9.17, 15) is 0 Å². The van der Waals surface area contributed by atoms with E-state index in [1.807, 2.05) is 49.4 Å². The Labute approximate surface area is 101 Å². The van der Waals surface area contributed by atoms with Crippen LogP contribution >= 0.6 is 0 Å². The Balaban J connectivity index is 2.42. The fraction of sp³-hybridized carbons (Fsp3) is 0.143. The lowest BCUT2D eigenvalue weighted by molar-refractivity contribution is 0.340.